The second-order valence-corrected chi connectivity index (χ2v) is 6.29. The summed E-state index contributed by atoms with van der Waals surface area (Å²) < 4.78 is 0. The van der Waals surface area contributed by atoms with Crippen molar-refractivity contribution in [3.8, 4) is 5.75 Å². The first-order chi connectivity index (χ1) is 10.1. The lowest BCUT2D eigenvalue weighted by atomic mass is 10.0. The number of benzene rings is 1. The summed E-state index contributed by atoms with van der Waals surface area (Å²) in [7, 11) is 0. The predicted octanol–water partition coefficient (Wildman–Crippen LogP) is 1.58. The van der Waals surface area contributed by atoms with Crippen molar-refractivity contribution in [1.82, 2.24) is 16.0 Å². The van der Waals surface area contributed by atoms with Crippen LogP contribution in [0.15, 0.2) is 12.1 Å². The van der Waals surface area contributed by atoms with E-state index in [9.17, 15) is 9.90 Å². The minimum Gasteiger partial charge on any atom is -0.508 e. The number of phenols is 1. The van der Waals surface area contributed by atoms with Crippen molar-refractivity contribution in [3.05, 3.63) is 27.7 Å². The molecule has 2 saturated heterocycles. The monoisotopic (exact) mass is 329 g/mol. The van der Waals surface area contributed by atoms with Crippen LogP contribution in [0.3, 0.4) is 0 Å². The summed E-state index contributed by atoms with van der Waals surface area (Å²) in [5.74, 6) is 0.104. The zero-order chi connectivity index (χ0) is 15.0. The standard InChI is InChI=1S/C14H17Cl2N3O2/c15-8-1-4-11(20)12(13(8)16)9-2-3-10(19-9)14(21)18-7-5-17-6-7/h1,4,7,9-10,17,19-20H,2-3,5-6H2,(H,18,21)/t9-,10+/m0/s1. The lowest BCUT2D eigenvalue weighted by molar-refractivity contribution is -0.123. The predicted molar refractivity (Wildman–Crippen MR) is 81.8 cm³/mol. The molecule has 0 radical (unpaired) electrons. The van der Waals surface area contributed by atoms with E-state index >= 15 is 0 Å². The van der Waals surface area contributed by atoms with Gasteiger partial charge in [-0.2, -0.15) is 0 Å². The number of halogens is 2. The molecule has 2 heterocycles. The van der Waals surface area contributed by atoms with E-state index in [4.69, 9.17) is 23.2 Å². The fourth-order valence-corrected chi connectivity index (χ4v) is 3.21. The summed E-state index contributed by atoms with van der Waals surface area (Å²) in [6.07, 6.45) is 1.44. The molecular formula is C14H17Cl2N3O2. The molecule has 0 aromatic heterocycles. The summed E-state index contributed by atoms with van der Waals surface area (Å²) in [4.78, 5) is 12.1. The van der Waals surface area contributed by atoms with E-state index in [1.165, 1.54) is 6.07 Å². The van der Waals surface area contributed by atoms with Crippen LogP contribution < -0.4 is 16.0 Å². The van der Waals surface area contributed by atoms with Crippen molar-refractivity contribution >= 4 is 29.1 Å². The van der Waals surface area contributed by atoms with Crippen molar-refractivity contribution in [2.45, 2.75) is 31.0 Å². The Morgan fingerprint density at radius 1 is 1.29 bits per heavy atom. The Kier molecular flexibility index (Phi) is 4.26. The van der Waals surface area contributed by atoms with Crippen LogP contribution in [0, 0.1) is 0 Å². The van der Waals surface area contributed by atoms with Crippen LogP contribution in [-0.2, 0) is 4.79 Å². The van der Waals surface area contributed by atoms with Gasteiger partial charge < -0.3 is 15.7 Å². The van der Waals surface area contributed by atoms with E-state index in [1.807, 2.05) is 0 Å². The van der Waals surface area contributed by atoms with Gasteiger partial charge in [0.05, 0.1) is 22.1 Å². The average Bonchev–Trinajstić information content (AvgIpc) is 2.88. The van der Waals surface area contributed by atoms with E-state index in [0.717, 1.165) is 19.5 Å². The quantitative estimate of drug-likeness (QED) is 0.679. The van der Waals surface area contributed by atoms with Crippen LogP contribution in [0.2, 0.25) is 10.0 Å². The van der Waals surface area contributed by atoms with Gasteiger partial charge in [-0.15, -0.1) is 0 Å². The summed E-state index contributed by atoms with van der Waals surface area (Å²) in [5, 5.41) is 20.1. The van der Waals surface area contributed by atoms with Gasteiger partial charge in [0.1, 0.15) is 5.75 Å². The summed E-state index contributed by atoms with van der Waals surface area (Å²) in [6.45, 7) is 1.64. The second-order valence-electron chi connectivity index (χ2n) is 5.51. The molecule has 114 valence electrons. The highest BCUT2D eigenvalue weighted by atomic mass is 35.5. The first kappa shape index (κ1) is 14.9. The zero-order valence-electron chi connectivity index (χ0n) is 11.3. The van der Waals surface area contributed by atoms with Gasteiger partial charge in [0.15, 0.2) is 0 Å². The molecule has 1 amide bonds. The number of carbonyl (C=O) groups excluding carboxylic acids is 1. The molecule has 3 rings (SSSR count). The van der Waals surface area contributed by atoms with Gasteiger partial charge >= 0.3 is 0 Å². The number of rotatable bonds is 3. The lowest BCUT2D eigenvalue weighted by Gasteiger charge is -2.29. The lowest BCUT2D eigenvalue weighted by Crippen LogP contribution is -2.59. The van der Waals surface area contributed by atoms with Crippen LogP contribution in [0.1, 0.15) is 24.4 Å². The molecule has 2 fully saturated rings. The maximum atomic E-state index is 12.1. The third-order valence-corrected chi connectivity index (χ3v) is 4.87. The van der Waals surface area contributed by atoms with Crippen LogP contribution in [-0.4, -0.2) is 36.2 Å². The molecule has 0 bridgehead atoms. The Morgan fingerprint density at radius 2 is 2.05 bits per heavy atom. The number of amides is 1. The van der Waals surface area contributed by atoms with Gasteiger partial charge in [0.2, 0.25) is 5.91 Å². The van der Waals surface area contributed by atoms with E-state index in [0.29, 0.717) is 22.0 Å². The maximum absolute atomic E-state index is 12.1. The molecule has 5 nitrogen and oxygen atoms in total. The number of carbonyl (C=O) groups is 1. The Bertz CT molecular complexity index is 563. The van der Waals surface area contributed by atoms with Crippen molar-refractivity contribution in [2.24, 2.45) is 0 Å². The highest BCUT2D eigenvalue weighted by Crippen LogP contribution is 2.40. The fraction of sp³-hybridized carbons (Fsp3) is 0.500. The number of hydrogen-bond acceptors (Lipinski definition) is 4. The largest absolute Gasteiger partial charge is 0.508 e. The van der Waals surface area contributed by atoms with E-state index in [-0.39, 0.29) is 29.8 Å². The third kappa shape index (κ3) is 2.97. The van der Waals surface area contributed by atoms with Crippen molar-refractivity contribution in [1.29, 1.82) is 0 Å². The Morgan fingerprint density at radius 3 is 2.71 bits per heavy atom. The molecule has 7 heteroatoms. The molecule has 4 N–H and O–H groups in total. The first-order valence-corrected chi connectivity index (χ1v) is 7.76. The van der Waals surface area contributed by atoms with Crippen molar-refractivity contribution in [3.63, 3.8) is 0 Å². The fourth-order valence-electron chi connectivity index (χ4n) is 2.76. The molecule has 0 aliphatic carbocycles. The number of hydrogen-bond donors (Lipinski definition) is 4. The molecule has 0 spiro atoms. The van der Waals surface area contributed by atoms with Gasteiger partial charge in [-0.3, -0.25) is 10.1 Å². The minimum atomic E-state index is -0.259. The molecule has 1 aromatic rings. The Hall–Kier alpha value is -1.01. The van der Waals surface area contributed by atoms with Crippen molar-refractivity contribution in [2.75, 3.05) is 13.1 Å². The molecule has 0 saturated carbocycles. The Balaban J connectivity index is 1.69. The average molecular weight is 330 g/mol. The van der Waals surface area contributed by atoms with Crippen LogP contribution in [0.5, 0.6) is 5.75 Å². The van der Waals surface area contributed by atoms with Gasteiger partial charge in [-0.05, 0) is 25.0 Å². The molecule has 0 unspecified atom stereocenters. The highest BCUT2D eigenvalue weighted by molar-refractivity contribution is 6.42. The van der Waals surface area contributed by atoms with Gasteiger partial charge in [0.25, 0.3) is 0 Å². The minimum absolute atomic E-state index is 0.00152. The third-order valence-electron chi connectivity index (χ3n) is 4.05. The molecule has 2 aliphatic heterocycles. The number of aromatic hydroxyl groups is 1. The number of nitrogens with one attached hydrogen (secondary N) is 3. The molecule has 21 heavy (non-hydrogen) atoms. The molecule has 1 aromatic carbocycles. The Labute approximate surface area is 133 Å². The molecule has 2 atom stereocenters. The van der Waals surface area contributed by atoms with E-state index in [2.05, 4.69) is 16.0 Å². The summed E-state index contributed by atoms with van der Waals surface area (Å²) in [6, 6.07) is 2.89. The van der Waals surface area contributed by atoms with Gasteiger partial charge in [-0.25, -0.2) is 0 Å². The van der Waals surface area contributed by atoms with Crippen LogP contribution in [0.25, 0.3) is 0 Å². The SMILES string of the molecule is O=C(NC1CNC1)[C@H]1CC[C@@H](c2c(O)ccc(Cl)c2Cl)N1. The van der Waals surface area contributed by atoms with Crippen LogP contribution in [0.4, 0.5) is 0 Å². The van der Waals surface area contributed by atoms with E-state index in [1.54, 1.807) is 6.07 Å². The maximum Gasteiger partial charge on any atom is 0.237 e. The number of phenolic OH excluding ortho intramolecular Hbond substituents is 1. The van der Waals surface area contributed by atoms with Gasteiger partial charge in [0, 0.05) is 24.7 Å². The summed E-state index contributed by atoms with van der Waals surface area (Å²) in [5.41, 5.74) is 0.574. The second kappa shape index (κ2) is 6.01. The topological polar surface area (TPSA) is 73.4 Å². The highest BCUT2D eigenvalue weighted by Gasteiger charge is 2.34. The first-order valence-electron chi connectivity index (χ1n) is 7.00. The zero-order valence-corrected chi connectivity index (χ0v) is 12.8. The van der Waals surface area contributed by atoms with Crippen LogP contribution >= 0.6 is 23.2 Å². The smallest absolute Gasteiger partial charge is 0.237 e. The molecular weight excluding hydrogens is 313 g/mol. The van der Waals surface area contributed by atoms with Crippen molar-refractivity contribution < 1.29 is 9.90 Å². The van der Waals surface area contributed by atoms with E-state index < -0.39 is 0 Å². The van der Waals surface area contributed by atoms with Gasteiger partial charge in [-0.1, -0.05) is 23.2 Å². The molecule has 2 aliphatic rings. The summed E-state index contributed by atoms with van der Waals surface area (Å²) >= 11 is 12.2. The normalized spacial score (nSPS) is 25.6.